The van der Waals surface area contributed by atoms with Crippen LogP contribution in [0, 0.1) is 5.95 Å². The van der Waals surface area contributed by atoms with E-state index in [0.29, 0.717) is 12.1 Å². The summed E-state index contributed by atoms with van der Waals surface area (Å²) >= 11 is 0. The first kappa shape index (κ1) is 11.6. The molecule has 0 unspecified atom stereocenters. The van der Waals surface area contributed by atoms with E-state index < -0.39 is 5.95 Å². The van der Waals surface area contributed by atoms with Crippen LogP contribution in [0.25, 0.3) is 0 Å². The molecule has 0 aromatic carbocycles. The van der Waals surface area contributed by atoms with Gasteiger partial charge in [-0.1, -0.05) is 0 Å². The Kier molecular flexibility index (Phi) is 4.70. The van der Waals surface area contributed by atoms with Crippen LogP contribution in [0.4, 0.5) is 10.1 Å². The van der Waals surface area contributed by atoms with Crippen molar-refractivity contribution in [3.05, 3.63) is 24.3 Å². The molecule has 1 aromatic rings. The van der Waals surface area contributed by atoms with Crippen LogP contribution in [0.1, 0.15) is 12.8 Å². The van der Waals surface area contributed by atoms with Gasteiger partial charge < -0.3 is 10.6 Å². The summed E-state index contributed by atoms with van der Waals surface area (Å²) in [7, 11) is 1.84. The van der Waals surface area contributed by atoms with Crippen molar-refractivity contribution in [3.8, 4) is 0 Å². The van der Waals surface area contributed by atoms with Crippen LogP contribution in [-0.2, 0) is 4.79 Å². The lowest BCUT2D eigenvalue weighted by atomic mass is 10.3. The van der Waals surface area contributed by atoms with Gasteiger partial charge in [-0.15, -0.1) is 0 Å². The van der Waals surface area contributed by atoms with Crippen molar-refractivity contribution >= 4 is 11.6 Å². The maximum Gasteiger partial charge on any atom is 0.224 e. The summed E-state index contributed by atoms with van der Waals surface area (Å²) in [6.07, 6.45) is 2.51. The van der Waals surface area contributed by atoms with Gasteiger partial charge in [0.1, 0.15) is 0 Å². The van der Waals surface area contributed by atoms with Crippen molar-refractivity contribution in [1.82, 2.24) is 10.3 Å². The van der Waals surface area contributed by atoms with Gasteiger partial charge in [-0.2, -0.15) is 4.39 Å². The van der Waals surface area contributed by atoms with E-state index in [1.54, 1.807) is 0 Å². The third kappa shape index (κ3) is 4.51. The van der Waals surface area contributed by atoms with Gasteiger partial charge in [-0.3, -0.25) is 4.79 Å². The van der Waals surface area contributed by atoms with Crippen molar-refractivity contribution in [1.29, 1.82) is 0 Å². The monoisotopic (exact) mass is 211 g/mol. The molecule has 4 nitrogen and oxygen atoms in total. The van der Waals surface area contributed by atoms with Gasteiger partial charge in [0.2, 0.25) is 11.9 Å². The number of hydrogen-bond donors (Lipinski definition) is 2. The SMILES string of the molecule is CNCCCC(=O)Nc1ccc(F)nc1. The Bertz CT molecular complexity index is 313. The molecule has 0 saturated carbocycles. The first-order valence-electron chi connectivity index (χ1n) is 4.78. The quantitative estimate of drug-likeness (QED) is 0.567. The zero-order valence-electron chi connectivity index (χ0n) is 8.59. The number of hydrogen-bond acceptors (Lipinski definition) is 3. The molecule has 1 heterocycles. The van der Waals surface area contributed by atoms with Crippen LogP contribution in [0.5, 0.6) is 0 Å². The number of rotatable bonds is 5. The molecule has 0 fully saturated rings. The predicted molar refractivity (Wildman–Crippen MR) is 56.0 cm³/mol. The third-order valence-corrected chi connectivity index (χ3v) is 1.84. The molecule has 0 spiro atoms. The molecule has 0 aliphatic rings. The molecular formula is C10H14FN3O. The van der Waals surface area contributed by atoms with E-state index in [1.807, 2.05) is 7.05 Å². The van der Waals surface area contributed by atoms with E-state index in [4.69, 9.17) is 0 Å². The number of nitrogens with one attached hydrogen (secondary N) is 2. The highest BCUT2D eigenvalue weighted by atomic mass is 19.1. The van der Waals surface area contributed by atoms with Crippen LogP contribution >= 0.6 is 0 Å². The standard InChI is InChI=1S/C10H14FN3O/c1-12-6-2-3-10(15)14-8-4-5-9(11)13-7-8/h4-5,7,12H,2-3,6H2,1H3,(H,14,15). The van der Waals surface area contributed by atoms with Crippen LogP contribution in [0.2, 0.25) is 0 Å². The number of amides is 1. The molecule has 1 amide bonds. The fourth-order valence-corrected chi connectivity index (χ4v) is 1.10. The van der Waals surface area contributed by atoms with Gasteiger partial charge in [-0.05, 0) is 32.1 Å². The van der Waals surface area contributed by atoms with Crippen molar-refractivity contribution in [2.75, 3.05) is 18.9 Å². The molecule has 0 radical (unpaired) electrons. The molecule has 0 saturated heterocycles. The second kappa shape index (κ2) is 6.08. The second-order valence-electron chi connectivity index (χ2n) is 3.12. The molecule has 0 atom stereocenters. The van der Waals surface area contributed by atoms with E-state index in [1.165, 1.54) is 18.3 Å². The summed E-state index contributed by atoms with van der Waals surface area (Å²) in [5.41, 5.74) is 0.519. The molecule has 0 bridgehead atoms. The van der Waals surface area contributed by atoms with Crippen molar-refractivity contribution in [2.24, 2.45) is 0 Å². The molecule has 1 rings (SSSR count). The van der Waals surface area contributed by atoms with Gasteiger partial charge in [0.05, 0.1) is 11.9 Å². The summed E-state index contributed by atoms with van der Waals surface area (Å²) in [5.74, 6) is -0.637. The Morgan fingerprint density at radius 2 is 2.33 bits per heavy atom. The first-order valence-corrected chi connectivity index (χ1v) is 4.78. The minimum atomic E-state index is -0.553. The lowest BCUT2D eigenvalue weighted by Crippen LogP contribution is -2.15. The Morgan fingerprint density at radius 1 is 1.53 bits per heavy atom. The first-order chi connectivity index (χ1) is 7.22. The number of pyridine rings is 1. The summed E-state index contributed by atoms with van der Waals surface area (Å²) < 4.78 is 12.4. The van der Waals surface area contributed by atoms with Crippen LogP contribution < -0.4 is 10.6 Å². The number of halogens is 1. The van der Waals surface area contributed by atoms with Crippen molar-refractivity contribution < 1.29 is 9.18 Å². The number of nitrogens with zero attached hydrogens (tertiary/aromatic N) is 1. The minimum absolute atomic E-state index is 0.0846. The van der Waals surface area contributed by atoms with Gasteiger partial charge in [0.25, 0.3) is 0 Å². The minimum Gasteiger partial charge on any atom is -0.325 e. The number of anilines is 1. The van der Waals surface area contributed by atoms with Gasteiger partial charge >= 0.3 is 0 Å². The molecule has 0 aliphatic heterocycles. The maximum absolute atomic E-state index is 12.4. The molecule has 0 aliphatic carbocycles. The molecule has 2 N–H and O–H groups in total. The normalized spacial score (nSPS) is 10.0. The lowest BCUT2D eigenvalue weighted by molar-refractivity contribution is -0.116. The van der Waals surface area contributed by atoms with Crippen LogP contribution in [0.15, 0.2) is 18.3 Å². The van der Waals surface area contributed by atoms with Gasteiger partial charge in [0, 0.05) is 6.42 Å². The fourth-order valence-electron chi connectivity index (χ4n) is 1.10. The highest BCUT2D eigenvalue weighted by molar-refractivity contribution is 5.90. The van der Waals surface area contributed by atoms with Crippen molar-refractivity contribution in [2.45, 2.75) is 12.8 Å². The average molecular weight is 211 g/mol. The van der Waals surface area contributed by atoms with Gasteiger partial charge in [0.15, 0.2) is 0 Å². The van der Waals surface area contributed by atoms with E-state index in [-0.39, 0.29) is 5.91 Å². The van der Waals surface area contributed by atoms with E-state index in [9.17, 15) is 9.18 Å². The van der Waals surface area contributed by atoms with E-state index in [2.05, 4.69) is 15.6 Å². The zero-order chi connectivity index (χ0) is 11.1. The fraction of sp³-hybridized carbons (Fsp3) is 0.400. The topological polar surface area (TPSA) is 54.0 Å². The Balaban J connectivity index is 2.34. The molecule has 15 heavy (non-hydrogen) atoms. The highest BCUT2D eigenvalue weighted by Crippen LogP contribution is 2.05. The average Bonchev–Trinajstić information content (AvgIpc) is 2.22. The third-order valence-electron chi connectivity index (χ3n) is 1.84. The molecule has 5 heteroatoms. The predicted octanol–water partition coefficient (Wildman–Crippen LogP) is 1.16. The number of aromatic nitrogens is 1. The summed E-state index contributed by atoms with van der Waals surface area (Å²) in [6, 6.07) is 2.70. The smallest absolute Gasteiger partial charge is 0.224 e. The highest BCUT2D eigenvalue weighted by Gasteiger charge is 2.01. The Morgan fingerprint density at radius 3 is 2.93 bits per heavy atom. The summed E-state index contributed by atoms with van der Waals surface area (Å²) in [5, 5.41) is 5.58. The zero-order valence-corrected chi connectivity index (χ0v) is 8.59. The molecular weight excluding hydrogens is 197 g/mol. The number of carbonyl (C=O) groups is 1. The maximum atomic E-state index is 12.4. The Labute approximate surface area is 87.9 Å². The van der Waals surface area contributed by atoms with Crippen LogP contribution in [0.3, 0.4) is 0 Å². The summed E-state index contributed by atoms with van der Waals surface area (Å²) in [4.78, 5) is 14.7. The van der Waals surface area contributed by atoms with Crippen LogP contribution in [-0.4, -0.2) is 24.5 Å². The van der Waals surface area contributed by atoms with Crippen molar-refractivity contribution in [3.63, 3.8) is 0 Å². The van der Waals surface area contributed by atoms with E-state index >= 15 is 0 Å². The van der Waals surface area contributed by atoms with Gasteiger partial charge in [-0.25, -0.2) is 4.98 Å². The largest absolute Gasteiger partial charge is 0.325 e. The molecule has 1 aromatic heterocycles. The van der Waals surface area contributed by atoms with E-state index in [0.717, 1.165) is 13.0 Å². The second-order valence-corrected chi connectivity index (χ2v) is 3.12. The lowest BCUT2D eigenvalue weighted by Gasteiger charge is -2.04. The summed E-state index contributed by atoms with van der Waals surface area (Å²) in [6.45, 7) is 0.801. The Hall–Kier alpha value is -1.49. The number of carbonyl (C=O) groups excluding carboxylic acids is 1. The molecule has 82 valence electrons.